The summed E-state index contributed by atoms with van der Waals surface area (Å²) in [6.45, 7) is 4.44. The lowest BCUT2D eigenvalue weighted by Gasteiger charge is -2.38. The monoisotopic (exact) mass is 520 g/mol. The molecule has 0 bridgehead atoms. The van der Waals surface area contributed by atoms with E-state index in [1.165, 1.54) is 6.42 Å². The molecule has 0 radical (unpaired) electrons. The summed E-state index contributed by atoms with van der Waals surface area (Å²) in [4.78, 5) is 34.4. The van der Waals surface area contributed by atoms with Gasteiger partial charge >= 0.3 is 6.03 Å². The first-order valence-electron chi connectivity index (χ1n) is 13.7. The van der Waals surface area contributed by atoms with Gasteiger partial charge in [-0.1, -0.05) is 68.7 Å². The van der Waals surface area contributed by atoms with Crippen molar-refractivity contribution in [3.63, 3.8) is 0 Å². The molecule has 1 aliphatic carbocycles. The highest BCUT2D eigenvalue weighted by atomic mass is 16.5. The van der Waals surface area contributed by atoms with Crippen LogP contribution in [0.3, 0.4) is 0 Å². The van der Waals surface area contributed by atoms with Gasteiger partial charge in [-0.05, 0) is 37.0 Å². The Morgan fingerprint density at radius 2 is 1.92 bits per heavy atom. The third kappa shape index (κ3) is 6.92. The molecule has 0 unspecified atom stereocenters. The molecule has 3 amide bonds. The summed E-state index contributed by atoms with van der Waals surface area (Å²) in [5.41, 5.74) is 2.17. The van der Waals surface area contributed by atoms with Crippen molar-refractivity contribution >= 4 is 24.1 Å². The van der Waals surface area contributed by atoms with E-state index in [9.17, 15) is 14.7 Å². The molecule has 1 aromatic heterocycles. The quantitative estimate of drug-likeness (QED) is 0.563. The van der Waals surface area contributed by atoms with Gasteiger partial charge in [0.05, 0.1) is 19.2 Å². The highest BCUT2D eigenvalue weighted by Crippen LogP contribution is 2.28. The van der Waals surface area contributed by atoms with Crippen LogP contribution in [0, 0.1) is 5.92 Å². The third-order valence-electron chi connectivity index (χ3n) is 7.54. The minimum Gasteiger partial charge on any atom is -0.472 e. The summed E-state index contributed by atoms with van der Waals surface area (Å²) < 4.78 is 6.34. The molecule has 8 heteroatoms. The third-order valence-corrected chi connectivity index (χ3v) is 7.54. The van der Waals surface area contributed by atoms with E-state index in [1.807, 2.05) is 56.3 Å². The first-order valence-corrected chi connectivity index (χ1v) is 13.7. The number of aliphatic hydroxyl groups excluding tert-OH is 1. The fourth-order valence-corrected chi connectivity index (χ4v) is 5.07. The molecule has 2 aromatic rings. The molecular weight excluding hydrogens is 480 g/mol. The summed E-state index contributed by atoms with van der Waals surface area (Å²) in [6, 6.07) is 11.4. The highest BCUT2D eigenvalue weighted by Gasteiger charge is 2.35. The Balaban J connectivity index is 1.56. The molecule has 3 atom stereocenters. The molecule has 2 heterocycles. The average molecular weight is 521 g/mol. The van der Waals surface area contributed by atoms with Gasteiger partial charge in [-0.15, -0.1) is 0 Å². The van der Waals surface area contributed by atoms with Crippen LogP contribution >= 0.6 is 0 Å². The smallest absolute Gasteiger partial charge is 0.317 e. The van der Waals surface area contributed by atoms with Gasteiger partial charge < -0.3 is 25.0 Å². The number of benzene rings is 1. The molecular formula is C30H40N4O4. The van der Waals surface area contributed by atoms with Crippen LogP contribution < -0.4 is 10.1 Å². The van der Waals surface area contributed by atoms with Crippen LogP contribution in [-0.2, 0) is 0 Å². The van der Waals surface area contributed by atoms with E-state index >= 15 is 0 Å². The van der Waals surface area contributed by atoms with Crippen LogP contribution in [0.15, 0.2) is 42.6 Å². The minimum absolute atomic E-state index is 0.0921. The Morgan fingerprint density at radius 3 is 2.63 bits per heavy atom. The van der Waals surface area contributed by atoms with Crippen LogP contribution in [0.25, 0.3) is 12.2 Å². The molecule has 8 nitrogen and oxygen atoms in total. The number of amides is 3. The van der Waals surface area contributed by atoms with Gasteiger partial charge in [-0.3, -0.25) is 4.79 Å². The van der Waals surface area contributed by atoms with Crippen LogP contribution in [0.5, 0.6) is 5.88 Å². The van der Waals surface area contributed by atoms with E-state index in [2.05, 4.69) is 10.3 Å². The Bertz CT molecular complexity index is 1120. The van der Waals surface area contributed by atoms with Gasteiger partial charge in [-0.25, -0.2) is 9.78 Å². The number of hydrogen-bond acceptors (Lipinski definition) is 5. The van der Waals surface area contributed by atoms with E-state index in [-0.39, 0.29) is 48.5 Å². The zero-order valence-electron chi connectivity index (χ0n) is 22.7. The molecule has 2 aliphatic rings. The van der Waals surface area contributed by atoms with Gasteiger partial charge in [0, 0.05) is 31.7 Å². The lowest BCUT2D eigenvalue weighted by atomic mass is 9.96. The van der Waals surface area contributed by atoms with Crippen molar-refractivity contribution in [2.24, 2.45) is 5.92 Å². The number of carbonyl (C=O) groups excluding carboxylic acids is 2. The Labute approximate surface area is 225 Å². The van der Waals surface area contributed by atoms with Crippen LogP contribution in [0.4, 0.5) is 4.79 Å². The number of aliphatic hydroxyl groups is 1. The number of nitrogens with zero attached hydrogens (tertiary/aromatic N) is 3. The van der Waals surface area contributed by atoms with E-state index in [0.29, 0.717) is 18.7 Å². The van der Waals surface area contributed by atoms with Crippen molar-refractivity contribution in [1.29, 1.82) is 0 Å². The maximum atomic E-state index is 13.6. The maximum Gasteiger partial charge on any atom is 0.317 e. The number of rotatable bonds is 7. The predicted molar refractivity (Wildman–Crippen MR) is 149 cm³/mol. The molecule has 0 spiro atoms. The number of ether oxygens (including phenoxy) is 1. The number of likely N-dealkylation sites (N-methyl/N-ethyl adjacent to an activating group) is 1. The number of aromatic nitrogens is 1. The second kappa shape index (κ2) is 12.9. The molecule has 1 aliphatic heterocycles. The van der Waals surface area contributed by atoms with Gasteiger partial charge in [0.1, 0.15) is 11.7 Å². The summed E-state index contributed by atoms with van der Waals surface area (Å²) in [7, 11) is 1.78. The number of carbonyl (C=O) groups is 2. The largest absolute Gasteiger partial charge is 0.472 e. The van der Waals surface area contributed by atoms with Gasteiger partial charge in [0.2, 0.25) is 5.88 Å². The van der Waals surface area contributed by atoms with Gasteiger partial charge in [-0.2, -0.15) is 0 Å². The van der Waals surface area contributed by atoms with E-state index < -0.39 is 0 Å². The van der Waals surface area contributed by atoms with Crippen molar-refractivity contribution in [2.75, 3.05) is 26.7 Å². The normalized spacial score (nSPS) is 21.3. The lowest BCUT2D eigenvalue weighted by Crippen LogP contribution is -2.52. The van der Waals surface area contributed by atoms with Crippen molar-refractivity contribution in [3.05, 3.63) is 59.3 Å². The van der Waals surface area contributed by atoms with Crippen molar-refractivity contribution in [1.82, 2.24) is 20.1 Å². The molecule has 204 valence electrons. The second-order valence-corrected chi connectivity index (χ2v) is 10.7. The minimum atomic E-state index is -0.379. The summed E-state index contributed by atoms with van der Waals surface area (Å²) in [5.74, 6) is -0.0668. The summed E-state index contributed by atoms with van der Waals surface area (Å²) in [5, 5.41) is 13.1. The number of hydrogen-bond donors (Lipinski definition) is 2. The Hall–Kier alpha value is -3.39. The Kier molecular flexibility index (Phi) is 9.39. The molecule has 1 fully saturated rings. The topological polar surface area (TPSA) is 95.0 Å². The predicted octanol–water partition coefficient (Wildman–Crippen LogP) is 4.45. The fraction of sp³-hybridized carbons (Fsp3) is 0.500. The molecule has 0 saturated heterocycles. The van der Waals surface area contributed by atoms with Gasteiger partial charge in [0.15, 0.2) is 0 Å². The average Bonchev–Trinajstić information content (AvgIpc) is 2.94. The first kappa shape index (κ1) is 27.6. The van der Waals surface area contributed by atoms with E-state index in [1.54, 1.807) is 29.1 Å². The Morgan fingerprint density at radius 1 is 1.21 bits per heavy atom. The van der Waals surface area contributed by atoms with Crippen LogP contribution in [-0.4, -0.2) is 76.8 Å². The molecule has 38 heavy (non-hydrogen) atoms. The summed E-state index contributed by atoms with van der Waals surface area (Å²) >= 11 is 0. The highest BCUT2D eigenvalue weighted by molar-refractivity contribution is 5.97. The SMILES string of the molecule is C[C@H]1CN([C@@H](C)CO)C(=O)c2cc(/C=C/c3ccccc3)cnc2O[C@@H]1CN(C)C(=O)NC1CCCCC1. The van der Waals surface area contributed by atoms with Gasteiger partial charge in [0.25, 0.3) is 5.91 Å². The summed E-state index contributed by atoms with van der Waals surface area (Å²) in [6.07, 6.45) is 10.8. The zero-order chi connectivity index (χ0) is 27.1. The molecule has 1 aromatic carbocycles. The van der Waals surface area contributed by atoms with Crippen molar-refractivity contribution in [2.45, 2.75) is 64.1 Å². The number of urea groups is 1. The maximum absolute atomic E-state index is 13.6. The van der Waals surface area contributed by atoms with Crippen LogP contribution in [0.1, 0.15) is 67.4 Å². The molecule has 1 saturated carbocycles. The number of nitrogens with one attached hydrogen (secondary N) is 1. The molecule has 2 N–H and O–H groups in total. The standard InChI is InChI=1S/C30H40N4O4/c1-21-18-34(22(2)20-35)29(36)26-16-24(15-14-23-10-6-4-7-11-23)17-31-28(26)38-27(21)19-33(3)30(37)32-25-12-8-5-9-13-25/h4,6-7,10-11,14-17,21-22,25,27,35H,5,8-9,12-13,18-20H2,1-3H3,(H,32,37)/b15-14+/t21-,22-,27+/m0/s1. The van der Waals surface area contributed by atoms with E-state index in [4.69, 9.17) is 4.74 Å². The first-order chi connectivity index (χ1) is 18.4. The fourth-order valence-electron chi connectivity index (χ4n) is 5.07. The molecule has 4 rings (SSSR count). The van der Waals surface area contributed by atoms with Crippen LogP contribution in [0.2, 0.25) is 0 Å². The van der Waals surface area contributed by atoms with Crippen molar-refractivity contribution < 1.29 is 19.4 Å². The second-order valence-electron chi connectivity index (χ2n) is 10.7. The number of pyridine rings is 1. The van der Waals surface area contributed by atoms with E-state index in [0.717, 1.165) is 36.8 Å². The van der Waals surface area contributed by atoms with Crippen molar-refractivity contribution in [3.8, 4) is 5.88 Å². The lowest BCUT2D eigenvalue weighted by molar-refractivity contribution is 0.0351. The zero-order valence-corrected chi connectivity index (χ0v) is 22.7. The number of fused-ring (bicyclic) bond motifs is 1.